The molecule has 12 heteroatoms. The lowest BCUT2D eigenvalue weighted by atomic mass is 9.97. The summed E-state index contributed by atoms with van der Waals surface area (Å²) in [5.74, 6) is -0.302. The summed E-state index contributed by atoms with van der Waals surface area (Å²) in [6.07, 6.45) is 1.69. The molecule has 4 rings (SSSR count). The molecule has 2 aliphatic heterocycles. The van der Waals surface area contributed by atoms with E-state index < -0.39 is 17.8 Å². The number of likely N-dealkylation sites (N-methyl/N-ethyl adjacent to an activating group) is 1. The van der Waals surface area contributed by atoms with Gasteiger partial charge in [-0.1, -0.05) is 0 Å². The minimum absolute atomic E-state index is 0.0319. The van der Waals surface area contributed by atoms with Crippen LogP contribution in [0.1, 0.15) is 18.1 Å². The van der Waals surface area contributed by atoms with Gasteiger partial charge in [-0.05, 0) is 36.3 Å². The molecule has 2 aromatic rings. The quantitative estimate of drug-likeness (QED) is 0.406. The lowest BCUT2D eigenvalue weighted by molar-refractivity contribution is -0.127. The Morgan fingerprint density at radius 3 is 2.53 bits per heavy atom. The topological polar surface area (TPSA) is 133 Å². The molecule has 1 saturated heterocycles. The minimum atomic E-state index is -0.940. The van der Waals surface area contributed by atoms with Crippen molar-refractivity contribution >= 4 is 35.5 Å². The van der Waals surface area contributed by atoms with Gasteiger partial charge in [0.05, 0.1) is 27.0 Å². The highest BCUT2D eigenvalue weighted by Gasteiger charge is 2.39. The van der Waals surface area contributed by atoms with Crippen LogP contribution in [0.3, 0.4) is 0 Å². The van der Waals surface area contributed by atoms with Gasteiger partial charge in [0.1, 0.15) is 17.1 Å². The average Bonchev–Trinajstić information content (AvgIpc) is 3.37. The fourth-order valence-electron chi connectivity index (χ4n) is 4.08. The van der Waals surface area contributed by atoms with E-state index in [1.54, 1.807) is 25.2 Å². The van der Waals surface area contributed by atoms with Crippen molar-refractivity contribution in [2.24, 2.45) is 0 Å². The zero-order valence-electron chi connectivity index (χ0n) is 21.6. The first-order valence-corrected chi connectivity index (χ1v) is 11.5. The van der Waals surface area contributed by atoms with E-state index in [0.29, 0.717) is 41.3 Å². The fourth-order valence-corrected chi connectivity index (χ4v) is 4.08. The molecule has 2 aliphatic rings. The Labute approximate surface area is 218 Å². The molecule has 38 heavy (non-hydrogen) atoms. The zero-order valence-corrected chi connectivity index (χ0v) is 21.6. The monoisotopic (exact) mass is 525 g/mol. The van der Waals surface area contributed by atoms with Crippen molar-refractivity contribution in [3.05, 3.63) is 41.0 Å². The molecule has 0 unspecified atom stereocenters. The maximum atomic E-state index is 13.6. The molecular formula is C26H27N3O9. The summed E-state index contributed by atoms with van der Waals surface area (Å²) in [6.45, 7) is 1.77. The van der Waals surface area contributed by atoms with E-state index in [9.17, 15) is 19.2 Å². The number of nitrogens with zero attached hydrogens (tertiary/aromatic N) is 2. The van der Waals surface area contributed by atoms with Gasteiger partial charge in [-0.3, -0.25) is 19.7 Å². The molecule has 0 bridgehead atoms. The molecule has 12 nitrogen and oxygen atoms in total. The van der Waals surface area contributed by atoms with Gasteiger partial charge in [-0.15, -0.1) is 0 Å². The summed E-state index contributed by atoms with van der Waals surface area (Å²) in [6, 6.07) is 5.38. The molecular weight excluding hydrogens is 498 g/mol. The van der Waals surface area contributed by atoms with E-state index in [0.717, 1.165) is 4.90 Å². The maximum Gasteiger partial charge on any atom is 0.336 e. The first-order chi connectivity index (χ1) is 18.2. The van der Waals surface area contributed by atoms with Crippen molar-refractivity contribution in [2.45, 2.75) is 13.3 Å². The van der Waals surface area contributed by atoms with Crippen molar-refractivity contribution in [2.75, 3.05) is 46.6 Å². The molecule has 1 fully saturated rings. The molecule has 0 saturated carbocycles. The fraction of sp³-hybridized carbons (Fsp3) is 0.308. The van der Waals surface area contributed by atoms with E-state index in [1.165, 1.54) is 45.3 Å². The van der Waals surface area contributed by atoms with Crippen LogP contribution in [0.15, 0.2) is 29.8 Å². The van der Waals surface area contributed by atoms with Gasteiger partial charge in [0.2, 0.25) is 18.4 Å². The third-order valence-corrected chi connectivity index (χ3v) is 6.22. The second kappa shape index (κ2) is 10.7. The van der Waals surface area contributed by atoms with Gasteiger partial charge in [-0.25, -0.2) is 9.69 Å². The number of hydrogen-bond acceptors (Lipinski definition) is 9. The smallest absolute Gasteiger partial charge is 0.336 e. The molecule has 1 N–H and O–H groups in total. The van der Waals surface area contributed by atoms with E-state index in [-0.39, 0.29) is 35.5 Å². The minimum Gasteiger partial charge on any atom is -0.497 e. The average molecular weight is 526 g/mol. The molecule has 200 valence electrons. The van der Waals surface area contributed by atoms with Crippen LogP contribution in [0.5, 0.6) is 28.7 Å². The molecule has 0 radical (unpaired) electrons. The normalized spacial score (nSPS) is 15.4. The number of hydrogen-bond donors (Lipinski definition) is 1. The highest BCUT2D eigenvalue weighted by molar-refractivity contribution is 6.39. The highest BCUT2D eigenvalue weighted by Crippen LogP contribution is 2.46. The number of rotatable bonds is 8. The lowest BCUT2D eigenvalue weighted by Crippen LogP contribution is -2.54. The number of urea groups is 1. The largest absolute Gasteiger partial charge is 0.497 e. The number of methoxy groups -OCH3 is 3. The second-order valence-corrected chi connectivity index (χ2v) is 8.40. The number of carbonyl (C=O) groups is 4. The second-order valence-electron chi connectivity index (χ2n) is 8.40. The Hall–Kier alpha value is -4.74. The molecule has 0 atom stereocenters. The lowest BCUT2D eigenvalue weighted by Gasteiger charge is -2.28. The van der Waals surface area contributed by atoms with Crippen LogP contribution in [0.25, 0.3) is 6.08 Å². The van der Waals surface area contributed by atoms with Gasteiger partial charge < -0.3 is 28.6 Å². The van der Waals surface area contributed by atoms with Gasteiger partial charge >= 0.3 is 6.03 Å². The molecule has 2 aromatic carbocycles. The van der Waals surface area contributed by atoms with Crippen LogP contribution in [0.4, 0.5) is 10.5 Å². The summed E-state index contributed by atoms with van der Waals surface area (Å²) in [5.41, 5.74) is 0.773. The zero-order chi connectivity index (χ0) is 27.6. The van der Waals surface area contributed by atoms with Gasteiger partial charge in [0, 0.05) is 32.1 Å². The van der Waals surface area contributed by atoms with E-state index in [1.807, 2.05) is 0 Å². The van der Waals surface area contributed by atoms with Crippen molar-refractivity contribution < 1.29 is 42.9 Å². The van der Waals surface area contributed by atoms with Crippen molar-refractivity contribution in [3.8, 4) is 28.7 Å². The maximum absolute atomic E-state index is 13.6. The Morgan fingerprint density at radius 1 is 1.11 bits per heavy atom. The molecule has 0 aromatic heterocycles. The Bertz CT molecular complexity index is 1350. The number of carbonyl (C=O) groups excluding carboxylic acids is 4. The number of amides is 5. The van der Waals surface area contributed by atoms with Gasteiger partial charge in [-0.2, -0.15) is 0 Å². The Balaban J connectivity index is 1.84. The van der Waals surface area contributed by atoms with Crippen LogP contribution in [0, 0.1) is 0 Å². The number of anilines is 1. The van der Waals surface area contributed by atoms with E-state index >= 15 is 0 Å². The number of ether oxygens (including phenoxy) is 5. The Morgan fingerprint density at radius 2 is 1.87 bits per heavy atom. The number of imide groups is 2. The Kier molecular flexibility index (Phi) is 7.42. The van der Waals surface area contributed by atoms with Crippen molar-refractivity contribution in [1.82, 2.24) is 10.2 Å². The number of benzene rings is 2. The SMILES string of the molecule is COc1ccc(OC)c(N2C(=O)NC(=O)/C(=C\c3c(CCN(C)C(C)=O)cc4c(c3OC)OCO4)C2=O)c1. The van der Waals surface area contributed by atoms with Crippen LogP contribution in [0.2, 0.25) is 0 Å². The number of nitrogens with one attached hydrogen (secondary N) is 1. The van der Waals surface area contributed by atoms with Gasteiger partial charge in [0.15, 0.2) is 11.5 Å². The van der Waals surface area contributed by atoms with Crippen LogP contribution in [-0.4, -0.2) is 70.4 Å². The predicted molar refractivity (Wildman–Crippen MR) is 135 cm³/mol. The summed E-state index contributed by atoms with van der Waals surface area (Å²) in [5, 5.41) is 2.20. The predicted octanol–water partition coefficient (Wildman–Crippen LogP) is 2.13. The summed E-state index contributed by atoms with van der Waals surface area (Å²) < 4.78 is 27.3. The standard InChI is InChI=1S/C26H27N3O9/c1-14(30)28(2)9-8-15-10-21-23(38-13-37-21)22(36-5)17(15)12-18-24(31)27-26(33)29(25(18)32)19-11-16(34-3)6-7-20(19)35-4/h6-7,10-12H,8-9,13H2,1-5H3,(H,27,31,33)/b18-12+. The van der Waals surface area contributed by atoms with Crippen molar-refractivity contribution in [3.63, 3.8) is 0 Å². The first kappa shape index (κ1) is 26.3. The van der Waals surface area contributed by atoms with Crippen molar-refractivity contribution in [1.29, 1.82) is 0 Å². The summed E-state index contributed by atoms with van der Waals surface area (Å²) in [7, 11) is 5.91. The molecule has 0 aliphatic carbocycles. The summed E-state index contributed by atoms with van der Waals surface area (Å²) >= 11 is 0. The number of barbiturate groups is 1. The molecule has 0 spiro atoms. The van der Waals surface area contributed by atoms with Crippen LogP contribution >= 0.6 is 0 Å². The molecule has 5 amide bonds. The summed E-state index contributed by atoms with van der Waals surface area (Å²) in [4.78, 5) is 53.5. The molecule has 2 heterocycles. The third-order valence-electron chi connectivity index (χ3n) is 6.22. The van der Waals surface area contributed by atoms with E-state index in [4.69, 9.17) is 23.7 Å². The van der Waals surface area contributed by atoms with Crippen LogP contribution in [-0.2, 0) is 20.8 Å². The third kappa shape index (κ3) is 4.80. The first-order valence-electron chi connectivity index (χ1n) is 11.5. The van der Waals surface area contributed by atoms with E-state index in [2.05, 4.69) is 5.32 Å². The van der Waals surface area contributed by atoms with Gasteiger partial charge in [0.25, 0.3) is 11.8 Å². The number of fused-ring (bicyclic) bond motifs is 1. The highest BCUT2D eigenvalue weighted by atomic mass is 16.7. The van der Waals surface area contributed by atoms with Crippen LogP contribution < -0.4 is 33.9 Å².